The molecule has 1 aromatic heterocycles. The summed E-state index contributed by atoms with van der Waals surface area (Å²) in [5.74, 6) is 0.383. The van der Waals surface area contributed by atoms with Gasteiger partial charge < -0.3 is 14.9 Å². The summed E-state index contributed by atoms with van der Waals surface area (Å²) in [6, 6.07) is 7.99. The molecular formula is C12H9Cl2NO3. The first kappa shape index (κ1) is 12.8. The van der Waals surface area contributed by atoms with Gasteiger partial charge in [-0.1, -0.05) is 23.2 Å². The van der Waals surface area contributed by atoms with Crippen LogP contribution >= 0.6 is 23.2 Å². The van der Waals surface area contributed by atoms with Crippen molar-refractivity contribution in [3.8, 4) is 5.75 Å². The molecule has 0 bridgehead atoms. The van der Waals surface area contributed by atoms with Crippen molar-refractivity contribution >= 4 is 29.1 Å². The average Bonchev–Trinajstić information content (AvgIpc) is 2.79. The summed E-state index contributed by atoms with van der Waals surface area (Å²) in [5, 5.41) is 0.966. The van der Waals surface area contributed by atoms with Crippen LogP contribution in [0.5, 0.6) is 5.75 Å². The number of nitrogens with two attached hydrogens (primary N) is 1. The van der Waals surface area contributed by atoms with Crippen LogP contribution in [0, 0.1) is 0 Å². The van der Waals surface area contributed by atoms with E-state index in [4.69, 9.17) is 38.1 Å². The average molecular weight is 286 g/mol. The zero-order chi connectivity index (χ0) is 13.1. The number of halogens is 2. The minimum Gasteiger partial charge on any atom is -0.484 e. The molecule has 0 spiro atoms. The molecule has 0 saturated carbocycles. The third-order valence-electron chi connectivity index (χ3n) is 2.17. The van der Waals surface area contributed by atoms with Gasteiger partial charge in [-0.3, -0.25) is 4.79 Å². The summed E-state index contributed by atoms with van der Waals surface area (Å²) in [5.41, 5.74) is 5.07. The molecule has 4 nitrogen and oxygen atoms in total. The van der Waals surface area contributed by atoms with Crippen LogP contribution in [-0.4, -0.2) is 5.91 Å². The lowest BCUT2D eigenvalue weighted by molar-refractivity contribution is 0.0970. The van der Waals surface area contributed by atoms with Gasteiger partial charge in [0.2, 0.25) is 0 Å². The molecule has 18 heavy (non-hydrogen) atoms. The highest BCUT2D eigenvalue weighted by molar-refractivity contribution is 6.34. The first-order valence-electron chi connectivity index (χ1n) is 5.02. The van der Waals surface area contributed by atoms with Crippen molar-refractivity contribution in [2.24, 2.45) is 5.73 Å². The van der Waals surface area contributed by atoms with Gasteiger partial charge in [0, 0.05) is 11.1 Å². The van der Waals surface area contributed by atoms with Gasteiger partial charge in [0.05, 0.1) is 5.02 Å². The Balaban J connectivity index is 2.06. The van der Waals surface area contributed by atoms with Crippen molar-refractivity contribution in [2.45, 2.75) is 6.61 Å². The van der Waals surface area contributed by atoms with E-state index in [2.05, 4.69) is 0 Å². The Morgan fingerprint density at radius 2 is 2.06 bits per heavy atom. The predicted molar refractivity (Wildman–Crippen MR) is 68.0 cm³/mol. The van der Waals surface area contributed by atoms with E-state index in [0.29, 0.717) is 21.6 Å². The molecule has 0 radical (unpaired) electrons. The Morgan fingerprint density at radius 3 is 2.72 bits per heavy atom. The van der Waals surface area contributed by atoms with Crippen LogP contribution < -0.4 is 10.5 Å². The highest BCUT2D eigenvalue weighted by Gasteiger charge is 2.08. The fraction of sp³-hybridized carbons (Fsp3) is 0.0833. The van der Waals surface area contributed by atoms with Crippen LogP contribution in [0.1, 0.15) is 16.3 Å². The van der Waals surface area contributed by atoms with E-state index in [0.717, 1.165) is 0 Å². The number of benzene rings is 1. The Bertz CT molecular complexity index is 580. The maximum absolute atomic E-state index is 10.8. The van der Waals surface area contributed by atoms with Gasteiger partial charge in [-0.15, -0.1) is 0 Å². The number of rotatable bonds is 4. The Hall–Kier alpha value is -1.65. The van der Waals surface area contributed by atoms with Gasteiger partial charge in [-0.2, -0.15) is 0 Å². The van der Waals surface area contributed by atoms with Crippen molar-refractivity contribution < 1.29 is 13.9 Å². The molecule has 0 fully saturated rings. The Morgan fingerprint density at radius 1 is 1.28 bits per heavy atom. The summed E-state index contributed by atoms with van der Waals surface area (Å²) in [4.78, 5) is 10.8. The summed E-state index contributed by atoms with van der Waals surface area (Å²) in [6.45, 7) is 0.132. The largest absolute Gasteiger partial charge is 0.484 e. The molecule has 2 rings (SSSR count). The second-order valence-electron chi connectivity index (χ2n) is 3.49. The third-order valence-corrected chi connectivity index (χ3v) is 2.72. The van der Waals surface area contributed by atoms with Crippen molar-refractivity contribution in [3.63, 3.8) is 0 Å². The molecule has 1 aromatic carbocycles. The number of amides is 1. The molecule has 1 heterocycles. The molecule has 0 aliphatic heterocycles. The van der Waals surface area contributed by atoms with E-state index < -0.39 is 5.91 Å². The van der Waals surface area contributed by atoms with E-state index in [9.17, 15) is 4.79 Å². The summed E-state index contributed by atoms with van der Waals surface area (Å²) < 4.78 is 10.6. The molecule has 6 heteroatoms. The minimum absolute atomic E-state index is 0.0887. The van der Waals surface area contributed by atoms with Crippen molar-refractivity contribution in [3.05, 3.63) is 51.9 Å². The molecule has 0 unspecified atom stereocenters. The first-order valence-corrected chi connectivity index (χ1v) is 5.78. The number of hydrogen-bond donors (Lipinski definition) is 1. The molecule has 1 amide bonds. The van der Waals surface area contributed by atoms with Gasteiger partial charge in [0.25, 0.3) is 5.91 Å². The predicted octanol–water partition coefficient (Wildman–Crippen LogP) is 3.26. The minimum atomic E-state index is -0.623. The maximum atomic E-state index is 10.8. The van der Waals surface area contributed by atoms with Gasteiger partial charge in [-0.05, 0) is 24.3 Å². The quantitative estimate of drug-likeness (QED) is 0.938. The normalized spacial score (nSPS) is 10.3. The fourth-order valence-corrected chi connectivity index (χ4v) is 1.66. The summed E-state index contributed by atoms with van der Waals surface area (Å²) in [6.07, 6.45) is 0. The molecular weight excluding hydrogens is 277 g/mol. The maximum Gasteiger partial charge on any atom is 0.284 e. The molecule has 0 atom stereocenters. The van der Waals surface area contributed by atoms with Crippen LogP contribution in [0.4, 0.5) is 0 Å². The number of carbonyl (C=O) groups excluding carboxylic acids is 1. The summed E-state index contributed by atoms with van der Waals surface area (Å²) in [7, 11) is 0. The summed E-state index contributed by atoms with van der Waals surface area (Å²) >= 11 is 11.8. The van der Waals surface area contributed by atoms with Gasteiger partial charge in [-0.25, -0.2) is 0 Å². The zero-order valence-corrected chi connectivity index (χ0v) is 10.7. The lowest BCUT2D eigenvalue weighted by Crippen LogP contribution is -2.09. The van der Waals surface area contributed by atoms with E-state index in [1.165, 1.54) is 6.07 Å². The molecule has 94 valence electrons. The Labute approximate surface area is 113 Å². The fourth-order valence-electron chi connectivity index (χ4n) is 1.32. The van der Waals surface area contributed by atoms with Crippen LogP contribution in [0.3, 0.4) is 0 Å². The molecule has 0 aliphatic carbocycles. The SMILES string of the molecule is NC(=O)c1ccc(COc2cc(Cl)ccc2Cl)o1. The van der Waals surface area contributed by atoms with E-state index in [1.807, 2.05) is 0 Å². The second-order valence-corrected chi connectivity index (χ2v) is 4.34. The molecule has 2 N–H and O–H groups in total. The topological polar surface area (TPSA) is 65.5 Å². The third kappa shape index (κ3) is 2.97. The number of furan rings is 1. The lowest BCUT2D eigenvalue weighted by atomic mass is 10.3. The van der Waals surface area contributed by atoms with Crippen LogP contribution in [0.25, 0.3) is 0 Å². The monoisotopic (exact) mass is 285 g/mol. The molecule has 0 aliphatic rings. The molecule has 0 saturated heterocycles. The number of hydrogen-bond acceptors (Lipinski definition) is 3. The molecule has 2 aromatic rings. The highest BCUT2D eigenvalue weighted by Crippen LogP contribution is 2.28. The van der Waals surface area contributed by atoms with Gasteiger partial charge in [0.15, 0.2) is 5.76 Å². The second kappa shape index (κ2) is 5.33. The highest BCUT2D eigenvalue weighted by atomic mass is 35.5. The number of carbonyl (C=O) groups is 1. The van der Waals surface area contributed by atoms with E-state index in [1.54, 1.807) is 24.3 Å². The van der Waals surface area contributed by atoms with Crippen molar-refractivity contribution in [1.82, 2.24) is 0 Å². The van der Waals surface area contributed by atoms with Crippen LogP contribution in [0.2, 0.25) is 10.0 Å². The van der Waals surface area contributed by atoms with Gasteiger partial charge in [0.1, 0.15) is 18.1 Å². The van der Waals surface area contributed by atoms with Crippen molar-refractivity contribution in [2.75, 3.05) is 0 Å². The van der Waals surface area contributed by atoms with Gasteiger partial charge >= 0.3 is 0 Å². The van der Waals surface area contributed by atoms with Crippen LogP contribution in [0.15, 0.2) is 34.7 Å². The van der Waals surface area contributed by atoms with E-state index >= 15 is 0 Å². The Kier molecular flexibility index (Phi) is 3.79. The van der Waals surface area contributed by atoms with E-state index in [-0.39, 0.29) is 12.4 Å². The number of primary amides is 1. The first-order chi connectivity index (χ1) is 8.56. The van der Waals surface area contributed by atoms with Crippen molar-refractivity contribution in [1.29, 1.82) is 0 Å². The smallest absolute Gasteiger partial charge is 0.284 e. The van der Waals surface area contributed by atoms with Crippen LogP contribution in [-0.2, 0) is 6.61 Å². The lowest BCUT2D eigenvalue weighted by Gasteiger charge is -2.06. The number of ether oxygens (including phenoxy) is 1. The standard InChI is InChI=1S/C12H9Cl2NO3/c13-7-1-3-9(14)11(5-7)17-6-8-2-4-10(18-8)12(15)16/h1-5H,6H2,(H2,15,16). The zero-order valence-electron chi connectivity index (χ0n) is 9.15.